The van der Waals surface area contributed by atoms with Crippen molar-refractivity contribution in [3.8, 4) is 16.2 Å². The summed E-state index contributed by atoms with van der Waals surface area (Å²) in [5, 5.41) is 13.0. The molecule has 0 aliphatic rings. The zero-order valence-corrected chi connectivity index (χ0v) is 15.6. The van der Waals surface area contributed by atoms with Crippen LogP contribution in [0, 0.1) is 0 Å². The van der Waals surface area contributed by atoms with Crippen molar-refractivity contribution in [2.24, 2.45) is 0 Å². The topological polar surface area (TPSA) is 88.8 Å². The highest BCUT2D eigenvalue weighted by Gasteiger charge is 2.20. The van der Waals surface area contributed by atoms with Crippen LogP contribution in [-0.4, -0.2) is 24.1 Å². The molecule has 0 spiro atoms. The predicted octanol–water partition coefficient (Wildman–Crippen LogP) is 5.12. The van der Waals surface area contributed by atoms with Gasteiger partial charge in [-0.1, -0.05) is 18.2 Å². The summed E-state index contributed by atoms with van der Waals surface area (Å²) in [6, 6.07) is 17.8. The van der Waals surface area contributed by atoms with Gasteiger partial charge in [-0.3, -0.25) is 4.79 Å². The van der Waals surface area contributed by atoms with Crippen LogP contribution in [0.3, 0.4) is 0 Å². The van der Waals surface area contributed by atoms with Gasteiger partial charge < -0.3 is 19.6 Å². The van der Waals surface area contributed by atoms with Gasteiger partial charge in [0.2, 0.25) is 0 Å². The number of rotatable bonds is 5. The van der Waals surface area contributed by atoms with Crippen molar-refractivity contribution >= 4 is 39.9 Å². The van der Waals surface area contributed by atoms with Crippen LogP contribution in [0.4, 0.5) is 5.69 Å². The number of thiophene rings is 1. The molecule has 0 fully saturated rings. The highest BCUT2D eigenvalue weighted by Crippen LogP contribution is 2.36. The molecule has 0 aliphatic heterocycles. The van der Waals surface area contributed by atoms with Gasteiger partial charge in [0.1, 0.15) is 16.2 Å². The Morgan fingerprint density at radius 2 is 1.82 bits per heavy atom. The maximum absolute atomic E-state index is 12.6. The van der Waals surface area contributed by atoms with Gasteiger partial charge >= 0.3 is 5.97 Å². The second-order valence-corrected chi connectivity index (χ2v) is 7.04. The average Bonchev–Trinajstić information content (AvgIpc) is 3.32. The van der Waals surface area contributed by atoms with Crippen LogP contribution in [0.5, 0.6) is 5.75 Å². The van der Waals surface area contributed by atoms with Crippen LogP contribution < -0.4 is 10.1 Å². The maximum atomic E-state index is 12.6. The Morgan fingerprint density at radius 1 is 1.07 bits per heavy atom. The highest BCUT2D eigenvalue weighted by molar-refractivity contribution is 7.18. The lowest BCUT2D eigenvalue weighted by molar-refractivity contribution is 0.0703. The third-order valence-electron chi connectivity index (χ3n) is 4.20. The number of carbonyl (C=O) groups excluding carboxylic acids is 1. The number of anilines is 1. The third-order valence-corrected chi connectivity index (χ3v) is 5.37. The maximum Gasteiger partial charge on any atom is 0.348 e. The first-order chi connectivity index (χ1) is 13.5. The number of para-hydroxylation sites is 1. The van der Waals surface area contributed by atoms with Gasteiger partial charge in [0.25, 0.3) is 5.91 Å². The van der Waals surface area contributed by atoms with Crippen molar-refractivity contribution in [2.75, 3.05) is 12.4 Å². The summed E-state index contributed by atoms with van der Waals surface area (Å²) in [4.78, 5) is 25.0. The Kier molecular flexibility index (Phi) is 4.58. The normalized spacial score (nSPS) is 10.8. The van der Waals surface area contributed by atoms with Crippen molar-refractivity contribution < 1.29 is 23.8 Å². The molecule has 0 saturated heterocycles. The molecule has 0 aliphatic carbocycles. The number of amides is 1. The molecule has 7 heteroatoms. The van der Waals surface area contributed by atoms with Crippen molar-refractivity contribution in [3.63, 3.8) is 0 Å². The molecule has 0 atom stereocenters. The van der Waals surface area contributed by atoms with Crippen molar-refractivity contribution in [2.45, 2.75) is 0 Å². The van der Waals surface area contributed by atoms with E-state index < -0.39 is 11.9 Å². The van der Waals surface area contributed by atoms with Gasteiger partial charge in [0.15, 0.2) is 5.76 Å². The van der Waals surface area contributed by atoms with E-state index in [0.717, 1.165) is 27.2 Å². The number of aromatic carboxylic acids is 1. The lowest BCUT2D eigenvalue weighted by Gasteiger charge is -2.02. The second kappa shape index (κ2) is 7.21. The molecule has 4 rings (SSSR count). The van der Waals surface area contributed by atoms with E-state index in [4.69, 9.17) is 9.15 Å². The predicted molar refractivity (Wildman–Crippen MR) is 107 cm³/mol. The van der Waals surface area contributed by atoms with Gasteiger partial charge in [-0.25, -0.2) is 4.79 Å². The van der Waals surface area contributed by atoms with Crippen molar-refractivity contribution in [3.05, 3.63) is 71.3 Å². The molecule has 2 N–H and O–H groups in total. The van der Waals surface area contributed by atoms with Crippen molar-refractivity contribution in [1.29, 1.82) is 0 Å². The Bertz CT molecular complexity index is 1140. The van der Waals surface area contributed by atoms with Gasteiger partial charge in [0.05, 0.1) is 12.8 Å². The smallest absolute Gasteiger partial charge is 0.348 e. The molecule has 0 bridgehead atoms. The molecule has 28 heavy (non-hydrogen) atoms. The zero-order chi connectivity index (χ0) is 19.7. The molecule has 2 aromatic carbocycles. The van der Waals surface area contributed by atoms with Crippen LogP contribution in [0.25, 0.3) is 21.4 Å². The highest BCUT2D eigenvalue weighted by atomic mass is 32.1. The van der Waals surface area contributed by atoms with Gasteiger partial charge in [-0.2, -0.15) is 0 Å². The largest absolute Gasteiger partial charge is 0.497 e. The quantitative estimate of drug-likeness (QED) is 0.491. The van der Waals surface area contributed by atoms with Crippen molar-refractivity contribution in [1.82, 2.24) is 0 Å². The van der Waals surface area contributed by atoms with Crippen LogP contribution in [0.1, 0.15) is 20.2 Å². The number of carboxylic acid groups (broad SMARTS) is 1. The zero-order valence-electron chi connectivity index (χ0n) is 14.8. The van der Waals surface area contributed by atoms with E-state index in [9.17, 15) is 14.7 Å². The molecular formula is C21H15NO5S. The molecular weight excluding hydrogens is 378 g/mol. The first-order valence-corrected chi connectivity index (χ1v) is 9.18. The van der Waals surface area contributed by atoms with E-state index in [2.05, 4.69) is 5.32 Å². The van der Waals surface area contributed by atoms with Crippen LogP contribution in [0.2, 0.25) is 0 Å². The molecule has 0 radical (unpaired) electrons. The number of methoxy groups -OCH3 is 1. The van der Waals surface area contributed by atoms with Gasteiger partial charge in [-0.05, 0) is 48.0 Å². The Balaban J connectivity index is 1.65. The SMILES string of the molecule is COc1ccc(-c2cc(NC(=O)c3cc4ccccc4o3)c(C(=O)O)s2)cc1. The monoisotopic (exact) mass is 393 g/mol. The Hall–Kier alpha value is -3.58. The second-order valence-electron chi connectivity index (χ2n) is 5.99. The van der Waals surface area contributed by atoms with E-state index in [0.29, 0.717) is 11.3 Å². The molecule has 6 nitrogen and oxygen atoms in total. The number of furan rings is 1. The number of ether oxygens (including phenoxy) is 1. The number of carboxylic acids is 1. The van der Waals surface area contributed by atoms with Crippen LogP contribution >= 0.6 is 11.3 Å². The van der Waals surface area contributed by atoms with E-state index in [-0.39, 0.29) is 16.3 Å². The minimum atomic E-state index is -1.11. The number of hydrogen-bond donors (Lipinski definition) is 2. The molecule has 0 saturated carbocycles. The Labute approximate surface area is 164 Å². The molecule has 140 valence electrons. The molecule has 1 amide bonds. The summed E-state index contributed by atoms with van der Waals surface area (Å²) in [5.41, 5.74) is 1.65. The molecule has 2 heterocycles. The summed E-state index contributed by atoms with van der Waals surface area (Å²) in [7, 11) is 1.58. The lowest BCUT2D eigenvalue weighted by Crippen LogP contribution is -2.12. The number of hydrogen-bond acceptors (Lipinski definition) is 5. The lowest BCUT2D eigenvalue weighted by atomic mass is 10.2. The number of carbonyl (C=O) groups is 2. The van der Waals surface area contributed by atoms with E-state index >= 15 is 0 Å². The number of nitrogens with one attached hydrogen (secondary N) is 1. The van der Waals surface area contributed by atoms with Crippen LogP contribution in [0.15, 0.2) is 65.1 Å². The van der Waals surface area contributed by atoms with Gasteiger partial charge in [0, 0.05) is 10.3 Å². The molecule has 4 aromatic rings. The standard InChI is InChI=1S/C21H15NO5S/c1-26-14-8-6-12(7-9-14)18-11-15(19(28-18)21(24)25)22-20(23)17-10-13-4-2-3-5-16(13)27-17/h2-11H,1H3,(H,22,23)(H,24,25). The fourth-order valence-corrected chi connectivity index (χ4v) is 3.78. The number of benzene rings is 2. The summed E-state index contributed by atoms with van der Waals surface area (Å²) in [5.74, 6) is -0.783. The summed E-state index contributed by atoms with van der Waals surface area (Å²) in [6.07, 6.45) is 0. The van der Waals surface area contributed by atoms with Gasteiger partial charge in [-0.15, -0.1) is 11.3 Å². The summed E-state index contributed by atoms with van der Waals surface area (Å²) in [6.45, 7) is 0. The first-order valence-electron chi connectivity index (χ1n) is 8.36. The first kappa shape index (κ1) is 17.8. The van der Waals surface area contributed by atoms with E-state index in [1.54, 1.807) is 37.4 Å². The number of fused-ring (bicyclic) bond motifs is 1. The van der Waals surface area contributed by atoms with E-state index in [1.165, 1.54) is 0 Å². The fraction of sp³-hybridized carbons (Fsp3) is 0.0476. The molecule has 0 unspecified atom stereocenters. The Morgan fingerprint density at radius 3 is 2.50 bits per heavy atom. The third kappa shape index (κ3) is 3.35. The van der Waals surface area contributed by atoms with E-state index in [1.807, 2.05) is 30.3 Å². The summed E-state index contributed by atoms with van der Waals surface area (Å²) < 4.78 is 10.7. The minimum absolute atomic E-state index is 0.0512. The molecule has 2 aromatic heterocycles. The van der Waals surface area contributed by atoms with Crippen LogP contribution in [-0.2, 0) is 0 Å². The minimum Gasteiger partial charge on any atom is -0.497 e. The summed E-state index contributed by atoms with van der Waals surface area (Å²) >= 11 is 1.09. The fourth-order valence-electron chi connectivity index (χ4n) is 2.82. The average molecular weight is 393 g/mol.